The lowest BCUT2D eigenvalue weighted by Crippen LogP contribution is -2.26. The molecule has 2 fully saturated rings. The highest BCUT2D eigenvalue weighted by atomic mass is 16.1. The zero-order valence-electron chi connectivity index (χ0n) is 18.2. The van der Waals surface area contributed by atoms with Crippen molar-refractivity contribution in [2.75, 3.05) is 5.32 Å². The summed E-state index contributed by atoms with van der Waals surface area (Å²) in [5, 5.41) is 12.1. The minimum absolute atomic E-state index is 0.0458. The number of amides is 1. The SMILES string of the molecule is Cc1ccc(NC(=O)CCc2nnc([C@H]3C[C@@H](CC(C)C)C3)n2C2CC2)c(C)c1. The fraction of sp³-hybridized carbons (Fsp3) is 0.625. The van der Waals surface area contributed by atoms with Crippen molar-refractivity contribution in [3.63, 3.8) is 0 Å². The van der Waals surface area contributed by atoms with Crippen molar-refractivity contribution in [3.8, 4) is 0 Å². The van der Waals surface area contributed by atoms with Gasteiger partial charge in [-0.3, -0.25) is 4.79 Å². The fourth-order valence-electron chi connectivity index (χ4n) is 4.71. The average molecular weight is 395 g/mol. The first-order valence-corrected chi connectivity index (χ1v) is 11.2. The molecule has 0 atom stereocenters. The molecule has 2 saturated carbocycles. The quantitative estimate of drug-likeness (QED) is 0.657. The van der Waals surface area contributed by atoms with Gasteiger partial charge in [-0.1, -0.05) is 31.5 Å². The summed E-state index contributed by atoms with van der Waals surface area (Å²) in [5.74, 6) is 4.39. The molecular formula is C24H34N4O. The molecule has 156 valence electrons. The van der Waals surface area contributed by atoms with Crippen molar-refractivity contribution in [3.05, 3.63) is 41.0 Å². The normalized spacial score (nSPS) is 21.3. The van der Waals surface area contributed by atoms with Crippen molar-refractivity contribution < 1.29 is 4.79 Å². The lowest BCUT2D eigenvalue weighted by atomic mass is 9.71. The molecule has 5 heteroatoms. The van der Waals surface area contributed by atoms with Crippen LogP contribution >= 0.6 is 0 Å². The second kappa shape index (κ2) is 8.29. The smallest absolute Gasteiger partial charge is 0.224 e. The van der Waals surface area contributed by atoms with Crippen molar-refractivity contribution in [1.29, 1.82) is 0 Å². The van der Waals surface area contributed by atoms with E-state index in [9.17, 15) is 4.79 Å². The molecule has 0 unspecified atom stereocenters. The highest BCUT2D eigenvalue weighted by molar-refractivity contribution is 5.91. The second-order valence-electron chi connectivity index (χ2n) is 9.61. The van der Waals surface area contributed by atoms with E-state index in [-0.39, 0.29) is 5.91 Å². The zero-order chi connectivity index (χ0) is 20.5. The van der Waals surface area contributed by atoms with Crippen LogP contribution in [-0.4, -0.2) is 20.7 Å². The Kier molecular flexibility index (Phi) is 5.75. The summed E-state index contributed by atoms with van der Waals surface area (Å²) in [7, 11) is 0. The molecule has 1 aromatic carbocycles. The lowest BCUT2D eigenvalue weighted by molar-refractivity contribution is -0.116. The number of aromatic nitrogens is 3. The molecule has 0 aliphatic heterocycles. The molecule has 5 nitrogen and oxygen atoms in total. The molecular weight excluding hydrogens is 360 g/mol. The van der Waals surface area contributed by atoms with E-state index in [1.807, 2.05) is 19.1 Å². The molecule has 1 aromatic heterocycles. The number of carbonyl (C=O) groups is 1. The maximum atomic E-state index is 12.5. The third-order valence-electron chi connectivity index (χ3n) is 6.34. The predicted molar refractivity (Wildman–Crippen MR) is 116 cm³/mol. The highest BCUT2D eigenvalue weighted by Crippen LogP contribution is 2.47. The molecule has 2 aliphatic rings. The zero-order valence-corrected chi connectivity index (χ0v) is 18.2. The topological polar surface area (TPSA) is 59.8 Å². The molecule has 1 amide bonds. The third-order valence-corrected chi connectivity index (χ3v) is 6.34. The Morgan fingerprint density at radius 3 is 2.62 bits per heavy atom. The molecule has 29 heavy (non-hydrogen) atoms. The standard InChI is InChI=1S/C24H34N4O/c1-15(2)11-18-13-19(14-18)24-27-26-22(28(24)20-6-7-20)9-10-23(29)25-21-8-5-16(3)12-17(21)4/h5,8,12,15,18-20H,6-7,9-11,13-14H2,1-4H3,(H,25,29)/t18-,19+. The number of anilines is 1. The van der Waals surface area contributed by atoms with E-state index in [1.54, 1.807) is 0 Å². The van der Waals surface area contributed by atoms with Gasteiger partial charge in [0, 0.05) is 30.5 Å². The number of hydrogen-bond donors (Lipinski definition) is 1. The number of benzene rings is 1. The van der Waals surface area contributed by atoms with Gasteiger partial charge in [0.1, 0.15) is 11.6 Å². The summed E-state index contributed by atoms with van der Waals surface area (Å²) >= 11 is 0. The summed E-state index contributed by atoms with van der Waals surface area (Å²) in [4.78, 5) is 12.5. The molecule has 0 radical (unpaired) electrons. The van der Waals surface area contributed by atoms with Crippen LogP contribution in [0.3, 0.4) is 0 Å². The van der Waals surface area contributed by atoms with Crippen LogP contribution in [0.5, 0.6) is 0 Å². The van der Waals surface area contributed by atoms with Gasteiger partial charge in [0.25, 0.3) is 0 Å². The first-order valence-electron chi connectivity index (χ1n) is 11.2. The van der Waals surface area contributed by atoms with Gasteiger partial charge in [-0.05, 0) is 69.4 Å². The maximum Gasteiger partial charge on any atom is 0.224 e. The van der Waals surface area contributed by atoms with E-state index in [4.69, 9.17) is 0 Å². The van der Waals surface area contributed by atoms with Gasteiger partial charge in [0.15, 0.2) is 0 Å². The Labute approximate surface area is 174 Å². The van der Waals surface area contributed by atoms with Crippen molar-refractivity contribution in [2.45, 2.75) is 84.6 Å². The number of rotatable bonds is 8. The van der Waals surface area contributed by atoms with E-state index < -0.39 is 0 Å². The molecule has 1 N–H and O–H groups in total. The van der Waals surface area contributed by atoms with Gasteiger partial charge >= 0.3 is 0 Å². The van der Waals surface area contributed by atoms with Crippen LogP contribution < -0.4 is 5.32 Å². The molecule has 0 saturated heterocycles. The summed E-state index contributed by atoms with van der Waals surface area (Å²) in [6, 6.07) is 6.67. The minimum Gasteiger partial charge on any atom is -0.326 e. The lowest BCUT2D eigenvalue weighted by Gasteiger charge is -2.36. The summed E-state index contributed by atoms with van der Waals surface area (Å²) in [6.45, 7) is 8.71. The van der Waals surface area contributed by atoms with Gasteiger partial charge in [-0.2, -0.15) is 0 Å². The van der Waals surface area contributed by atoms with Crippen LogP contribution in [0, 0.1) is 25.7 Å². The van der Waals surface area contributed by atoms with Crippen LogP contribution in [0.15, 0.2) is 18.2 Å². The fourth-order valence-corrected chi connectivity index (χ4v) is 4.71. The molecule has 2 aromatic rings. The van der Waals surface area contributed by atoms with Crippen LogP contribution in [0.4, 0.5) is 5.69 Å². The van der Waals surface area contributed by atoms with Crippen LogP contribution in [-0.2, 0) is 11.2 Å². The number of nitrogens with zero attached hydrogens (tertiary/aromatic N) is 3. The van der Waals surface area contributed by atoms with Gasteiger partial charge in [-0.15, -0.1) is 10.2 Å². The van der Waals surface area contributed by atoms with Crippen molar-refractivity contribution in [1.82, 2.24) is 14.8 Å². The van der Waals surface area contributed by atoms with Crippen LogP contribution in [0.25, 0.3) is 0 Å². The van der Waals surface area contributed by atoms with E-state index in [2.05, 4.69) is 46.9 Å². The molecule has 0 bridgehead atoms. The number of hydrogen-bond acceptors (Lipinski definition) is 3. The van der Waals surface area contributed by atoms with Gasteiger partial charge in [0.05, 0.1) is 0 Å². The summed E-state index contributed by atoms with van der Waals surface area (Å²) in [5.41, 5.74) is 3.20. The summed E-state index contributed by atoms with van der Waals surface area (Å²) < 4.78 is 2.38. The molecule has 2 aliphatic carbocycles. The Morgan fingerprint density at radius 1 is 1.21 bits per heavy atom. The molecule has 1 heterocycles. The Balaban J connectivity index is 1.37. The number of nitrogens with one attached hydrogen (secondary N) is 1. The van der Waals surface area contributed by atoms with Crippen LogP contribution in [0.2, 0.25) is 0 Å². The summed E-state index contributed by atoms with van der Waals surface area (Å²) in [6.07, 6.45) is 7.34. The van der Waals surface area contributed by atoms with Gasteiger partial charge in [0.2, 0.25) is 5.91 Å². The second-order valence-corrected chi connectivity index (χ2v) is 9.61. The number of carbonyl (C=O) groups excluding carboxylic acids is 1. The molecule has 4 rings (SSSR count). The van der Waals surface area contributed by atoms with Gasteiger partial charge in [-0.25, -0.2) is 0 Å². The average Bonchev–Trinajstić information content (AvgIpc) is 3.38. The molecule has 0 spiro atoms. The Morgan fingerprint density at radius 2 is 1.97 bits per heavy atom. The van der Waals surface area contributed by atoms with Crippen molar-refractivity contribution >= 4 is 11.6 Å². The third kappa shape index (κ3) is 4.71. The van der Waals surface area contributed by atoms with E-state index in [1.165, 1.54) is 43.5 Å². The van der Waals surface area contributed by atoms with Gasteiger partial charge < -0.3 is 9.88 Å². The Bertz CT molecular complexity index is 875. The first-order chi connectivity index (χ1) is 13.9. The maximum absolute atomic E-state index is 12.5. The van der Waals surface area contributed by atoms with E-state index in [0.29, 0.717) is 24.8 Å². The number of aryl methyl sites for hydroxylation is 3. The van der Waals surface area contributed by atoms with Crippen molar-refractivity contribution in [2.24, 2.45) is 11.8 Å². The minimum atomic E-state index is 0.0458. The predicted octanol–water partition coefficient (Wildman–Crippen LogP) is 5.34. The highest BCUT2D eigenvalue weighted by Gasteiger charge is 2.38. The van der Waals surface area contributed by atoms with E-state index >= 15 is 0 Å². The van der Waals surface area contributed by atoms with Crippen LogP contribution in [0.1, 0.15) is 87.1 Å². The Hall–Kier alpha value is -2.17. The first kappa shape index (κ1) is 20.1. The van der Waals surface area contributed by atoms with E-state index in [0.717, 1.165) is 28.9 Å². The monoisotopic (exact) mass is 394 g/mol. The largest absolute Gasteiger partial charge is 0.326 e.